The van der Waals surface area contributed by atoms with Crippen molar-refractivity contribution >= 4 is 11.0 Å². The molecule has 2 N–H and O–H groups in total. The summed E-state index contributed by atoms with van der Waals surface area (Å²) in [6.45, 7) is 0.951. The third kappa shape index (κ3) is 3.64. The minimum atomic E-state index is 0.0702. The molecule has 1 saturated carbocycles. The number of hydrogen-bond donors (Lipinski definition) is 2. The lowest BCUT2D eigenvalue weighted by Crippen LogP contribution is -2.25. The second kappa shape index (κ2) is 7.79. The molecule has 0 atom stereocenters. The molecule has 0 saturated heterocycles. The molecule has 2 aliphatic rings. The Kier molecular flexibility index (Phi) is 5.00. The molecule has 2 heterocycles. The summed E-state index contributed by atoms with van der Waals surface area (Å²) >= 11 is 0. The number of nitrogens with zero attached hydrogens (tertiary/aromatic N) is 2. The average Bonchev–Trinajstić information content (AvgIpc) is 3.36. The van der Waals surface area contributed by atoms with Crippen molar-refractivity contribution in [3.05, 3.63) is 62.6 Å². The highest BCUT2D eigenvalue weighted by atomic mass is 16.1. The van der Waals surface area contributed by atoms with Crippen LogP contribution in [0.5, 0.6) is 0 Å². The number of H-pyrrole nitrogens is 1. The second-order valence-electron chi connectivity index (χ2n) is 8.77. The van der Waals surface area contributed by atoms with Crippen LogP contribution in [0.3, 0.4) is 0 Å². The number of pyridine rings is 1. The summed E-state index contributed by atoms with van der Waals surface area (Å²) in [7, 11) is 1.93. The monoisotopic (exact) mass is 390 g/mol. The van der Waals surface area contributed by atoms with E-state index in [0.29, 0.717) is 6.04 Å². The SMILES string of the molecule is Cn1nc(Cc2ccc(CNC3CCCC3)cc2)c2c3c(c(=O)[nH]c21)CCCC3. The first-order valence-corrected chi connectivity index (χ1v) is 11.1. The zero-order valence-electron chi connectivity index (χ0n) is 17.3. The molecule has 0 amide bonds. The van der Waals surface area contributed by atoms with Crippen molar-refractivity contribution in [3.63, 3.8) is 0 Å². The molecule has 0 unspecified atom stereocenters. The van der Waals surface area contributed by atoms with E-state index >= 15 is 0 Å². The van der Waals surface area contributed by atoms with E-state index < -0.39 is 0 Å². The van der Waals surface area contributed by atoms with Crippen LogP contribution in [0.25, 0.3) is 11.0 Å². The summed E-state index contributed by atoms with van der Waals surface area (Å²) in [5.74, 6) is 0. The molecule has 0 spiro atoms. The Hall–Kier alpha value is -2.40. The summed E-state index contributed by atoms with van der Waals surface area (Å²) in [6.07, 6.45) is 10.3. The molecule has 0 aliphatic heterocycles. The number of fused-ring (bicyclic) bond motifs is 3. The molecule has 5 rings (SSSR count). The molecule has 5 nitrogen and oxygen atoms in total. The van der Waals surface area contributed by atoms with E-state index in [-0.39, 0.29) is 5.56 Å². The summed E-state index contributed by atoms with van der Waals surface area (Å²) < 4.78 is 1.83. The average molecular weight is 391 g/mol. The van der Waals surface area contributed by atoms with Crippen molar-refractivity contribution in [1.82, 2.24) is 20.1 Å². The minimum Gasteiger partial charge on any atom is -0.310 e. The van der Waals surface area contributed by atoms with Gasteiger partial charge in [0.2, 0.25) is 0 Å². The van der Waals surface area contributed by atoms with Crippen LogP contribution in [0.15, 0.2) is 29.1 Å². The number of benzene rings is 1. The van der Waals surface area contributed by atoms with Crippen LogP contribution in [-0.2, 0) is 32.9 Å². The zero-order valence-corrected chi connectivity index (χ0v) is 17.3. The molecule has 5 heteroatoms. The molecule has 0 radical (unpaired) electrons. The van der Waals surface area contributed by atoms with Gasteiger partial charge in [-0.1, -0.05) is 37.1 Å². The van der Waals surface area contributed by atoms with E-state index in [1.165, 1.54) is 47.8 Å². The number of aromatic nitrogens is 3. The lowest BCUT2D eigenvalue weighted by molar-refractivity contribution is 0.524. The van der Waals surface area contributed by atoms with E-state index in [4.69, 9.17) is 5.10 Å². The van der Waals surface area contributed by atoms with Gasteiger partial charge in [-0.3, -0.25) is 9.48 Å². The Labute approximate surface area is 171 Å². The molecular formula is C24H30N4O. The highest BCUT2D eigenvalue weighted by Crippen LogP contribution is 2.29. The van der Waals surface area contributed by atoms with Crippen molar-refractivity contribution in [2.24, 2.45) is 7.05 Å². The normalized spacial score (nSPS) is 17.1. The van der Waals surface area contributed by atoms with Gasteiger partial charge in [0.05, 0.1) is 5.69 Å². The van der Waals surface area contributed by atoms with Gasteiger partial charge < -0.3 is 10.3 Å². The first kappa shape index (κ1) is 18.6. The summed E-state index contributed by atoms with van der Waals surface area (Å²) in [5.41, 5.74) is 6.83. The molecule has 2 aromatic heterocycles. The van der Waals surface area contributed by atoms with Crippen molar-refractivity contribution < 1.29 is 0 Å². The van der Waals surface area contributed by atoms with E-state index in [2.05, 4.69) is 34.6 Å². The zero-order chi connectivity index (χ0) is 19.8. The minimum absolute atomic E-state index is 0.0702. The van der Waals surface area contributed by atoms with Gasteiger partial charge in [0.25, 0.3) is 5.56 Å². The summed E-state index contributed by atoms with van der Waals surface area (Å²) in [5, 5.41) is 9.64. The fourth-order valence-corrected chi connectivity index (χ4v) is 5.14. The van der Waals surface area contributed by atoms with Gasteiger partial charge in [0.1, 0.15) is 5.65 Å². The topological polar surface area (TPSA) is 62.7 Å². The fourth-order valence-electron chi connectivity index (χ4n) is 5.14. The van der Waals surface area contributed by atoms with Crippen LogP contribution in [0, 0.1) is 0 Å². The van der Waals surface area contributed by atoms with E-state index in [9.17, 15) is 4.79 Å². The quantitative estimate of drug-likeness (QED) is 0.697. The van der Waals surface area contributed by atoms with Gasteiger partial charge in [0.15, 0.2) is 0 Å². The van der Waals surface area contributed by atoms with Crippen LogP contribution in [0.4, 0.5) is 0 Å². The van der Waals surface area contributed by atoms with Gasteiger partial charge >= 0.3 is 0 Å². The summed E-state index contributed by atoms with van der Waals surface area (Å²) in [6, 6.07) is 9.62. The first-order chi connectivity index (χ1) is 14.2. The fraction of sp³-hybridized carbons (Fsp3) is 0.500. The van der Waals surface area contributed by atoms with Crippen molar-refractivity contribution in [2.75, 3.05) is 0 Å². The highest BCUT2D eigenvalue weighted by Gasteiger charge is 2.21. The standard InChI is InChI=1S/C24H30N4O/c1-28-23-22(19-8-4-5-9-20(19)24(29)26-23)21(27-28)14-16-10-12-17(13-11-16)15-25-18-6-2-3-7-18/h10-13,18,25H,2-9,14-15H2,1H3,(H,26,29). The summed E-state index contributed by atoms with van der Waals surface area (Å²) in [4.78, 5) is 15.6. The third-order valence-electron chi connectivity index (χ3n) is 6.74. The van der Waals surface area contributed by atoms with Crippen molar-refractivity contribution in [1.29, 1.82) is 0 Å². The largest absolute Gasteiger partial charge is 0.310 e. The molecule has 152 valence electrons. The van der Waals surface area contributed by atoms with Crippen LogP contribution in [0.1, 0.15) is 66.5 Å². The Balaban J connectivity index is 1.39. The van der Waals surface area contributed by atoms with Crippen LogP contribution in [0.2, 0.25) is 0 Å². The molecule has 29 heavy (non-hydrogen) atoms. The predicted molar refractivity (Wildman–Crippen MR) is 116 cm³/mol. The van der Waals surface area contributed by atoms with Gasteiger partial charge in [-0.15, -0.1) is 0 Å². The molecule has 0 bridgehead atoms. The number of aryl methyl sites for hydroxylation is 2. The Morgan fingerprint density at radius 2 is 1.72 bits per heavy atom. The van der Waals surface area contributed by atoms with Crippen molar-refractivity contribution in [2.45, 2.75) is 70.4 Å². The molecular weight excluding hydrogens is 360 g/mol. The van der Waals surface area contributed by atoms with Gasteiger partial charge in [-0.2, -0.15) is 5.10 Å². The van der Waals surface area contributed by atoms with E-state index in [0.717, 1.165) is 55.6 Å². The lowest BCUT2D eigenvalue weighted by atomic mass is 9.89. The molecule has 1 fully saturated rings. The molecule has 2 aliphatic carbocycles. The van der Waals surface area contributed by atoms with Crippen molar-refractivity contribution in [3.8, 4) is 0 Å². The number of nitrogens with one attached hydrogen (secondary N) is 2. The lowest BCUT2D eigenvalue weighted by Gasteiger charge is -2.16. The van der Waals surface area contributed by atoms with Gasteiger partial charge in [-0.05, 0) is 55.2 Å². The molecule has 1 aromatic carbocycles. The number of aromatic amines is 1. The first-order valence-electron chi connectivity index (χ1n) is 11.1. The third-order valence-corrected chi connectivity index (χ3v) is 6.74. The Bertz CT molecular complexity index is 1070. The van der Waals surface area contributed by atoms with Crippen LogP contribution < -0.4 is 10.9 Å². The maximum Gasteiger partial charge on any atom is 0.253 e. The van der Waals surface area contributed by atoms with Crippen LogP contribution >= 0.6 is 0 Å². The Morgan fingerprint density at radius 3 is 2.48 bits per heavy atom. The number of hydrogen-bond acceptors (Lipinski definition) is 3. The maximum absolute atomic E-state index is 12.5. The van der Waals surface area contributed by atoms with Crippen LogP contribution in [-0.4, -0.2) is 20.8 Å². The van der Waals surface area contributed by atoms with E-state index in [1.807, 2.05) is 11.7 Å². The predicted octanol–water partition coefficient (Wildman–Crippen LogP) is 3.76. The second-order valence-corrected chi connectivity index (χ2v) is 8.77. The number of rotatable bonds is 5. The Morgan fingerprint density at radius 1 is 1.03 bits per heavy atom. The highest BCUT2D eigenvalue weighted by molar-refractivity contribution is 5.84. The maximum atomic E-state index is 12.5. The van der Waals surface area contributed by atoms with E-state index in [1.54, 1.807) is 0 Å². The van der Waals surface area contributed by atoms with Gasteiger partial charge in [0, 0.05) is 37.0 Å². The molecule has 3 aromatic rings. The van der Waals surface area contributed by atoms with Gasteiger partial charge in [-0.25, -0.2) is 0 Å². The smallest absolute Gasteiger partial charge is 0.253 e.